The van der Waals surface area contributed by atoms with Crippen molar-refractivity contribution < 1.29 is 5.11 Å². The van der Waals surface area contributed by atoms with Crippen molar-refractivity contribution in [2.45, 2.75) is 38.2 Å². The van der Waals surface area contributed by atoms with Gasteiger partial charge in [0.1, 0.15) is 6.10 Å². The molecule has 0 bridgehead atoms. The Balaban J connectivity index is 2.40. The molecule has 1 rings (SSSR count). The van der Waals surface area contributed by atoms with Gasteiger partial charge in [-0.1, -0.05) is 25.2 Å². The van der Waals surface area contributed by atoms with Gasteiger partial charge in [0.25, 0.3) is 0 Å². The first-order chi connectivity index (χ1) is 5.84. The number of terminal acetylenes is 1. The molecule has 0 aromatic heterocycles. The second-order valence-corrected chi connectivity index (χ2v) is 3.26. The van der Waals surface area contributed by atoms with Gasteiger partial charge in [0.2, 0.25) is 0 Å². The van der Waals surface area contributed by atoms with Crippen LogP contribution in [0.3, 0.4) is 0 Å². The third kappa shape index (κ3) is 2.61. The predicted octanol–water partition coefficient (Wildman–Crippen LogP) is 1.56. The van der Waals surface area contributed by atoms with E-state index in [2.05, 4.69) is 17.8 Å². The largest absolute Gasteiger partial charge is 0.380 e. The Bertz CT molecular complexity index is 220. The molecule has 0 saturated heterocycles. The van der Waals surface area contributed by atoms with E-state index in [4.69, 9.17) is 6.42 Å². The molecule has 0 aromatic rings. The molecule has 64 valence electrons. The standard InChI is InChI=1S/C11H14O/c1-2-3-9-11(12)10-7-5-4-6-8-10/h1,10-12H,4-8H2/t11-/m0/s1. The predicted molar refractivity (Wildman–Crippen MR) is 49.2 cm³/mol. The molecule has 0 aliphatic heterocycles. The van der Waals surface area contributed by atoms with Gasteiger partial charge in [-0.05, 0) is 30.6 Å². The number of aliphatic hydroxyl groups is 1. The lowest BCUT2D eigenvalue weighted by Crippen LogP contribution is -2.20. The Hall–Kier alpha value is -0.920. The maximum Gasteiger partial charge on any atom is 0.118 e. The van der Waals surface area contributed by atoms with Crippen molar-refractivity contribution in [1.82, 2.24) is 0 Å². The molecule has 1 atom stereocenters. The van der Waals surface area contributed by atoms with Crippen molar-refractivity contribution in [3.05, 3.63) is 0 Å². The molecule has 1 N–H and O–H groups in total. The minimum atomic E-state index is -0.499. The zero-order chi connectivity index (χ0) is 8.81. The average Bonchev–Trinajstić information content (AvgIpc) is 2.15. The Kier molecular flexibility index (Phi) is 3.71. The molecule has 0 radical (unpaired) electrons. The van der Waals surface area contributed by atoms with E-state index in [-0.39, 0.29) is 0 Å². The Morgan fingerprint density at radius 3 is 2.50 bits per heavy atom. The molecular weight excluding hydrogens is 148 g/mol. The number of hydrogen-bond acceptors (Lipinski definition) is 1. The number of rotatable bonds is 1. The third-order valence-corrected chi connectivity index (χ3v) is 2.39. The van der Waals surface area contributed by atoms with E-state index < -0.39 is 6.10 Å². The summed E-state index contributed by atoms with van der Waals surface area (Å²) in [4.78, 5) is 0. The summed E-state index contributed by atoms with van der Waals surface area (Å²) in [7, 11) is 0. The van der Waals surface area contributed by atoms with Crippen molar-refractivity contribution in [2.75, 3.05) is 0 Å². The van der Waals surface area contributed by atoms with Crippen LogP contribution < -0.4 is 0 Å². The third-order valence-electron chi connectivity index (χ3n) is 2.39. The highest BCUT2D eigenvalue weighted by atomic mass is 16.3. The Morgan fingerprint density at radius 2 is 1.92 bits per heavy atom. The molecule has 1 fully saturated rings. The molecule has 0 heterocycles. The number of aliphatic hydroxyl groups excluding tert-OH is 1. The maximum absolute atomic E-state index is 9.54. The Morgan fingerprint density at radius 1 is 1.25 bits per heavy atom. The van der Waals surface area contributed by atoms with Crippen molar-refractivity contribution in [2.24, 2.45) is 5.92 Å². The second kappa shape index (κ2) is 4.86. The lowest BCUT2D eigenvalue weighted by Gasteiger charge is -2.22. The summed E-state index contributed by atoms with van der Waals surface area (Å²) in [6.45, 7) is 0. The summed E-state index contributed by atoms with van der Waals surface area (Å²) in [6.07, 6.45) is 10.4. The van der Waals surface area contributed by atoms with E-state index in [9.17, 15) is 5.11 Å². The van der Waals surface area contributed by atoms with Crippen molar-refractivity contribution in [1.29, 1.82) is 0 Å². The van der Waals surface area contributed by atoms with E-state index in [1.54, 1.807) is 0 Å². The van der Waals surface area contributed by atoms with Crippen LogP contribution in [0.15, 0.2) is 0 Å². The summed E-state index contributed by atoms with van der Waals surface area (Å²) < 4.78 is 0. The zero-order valence-corrected chi connectivity index (χ0v) is 7.21. The van der Waals surface area contributed by atoms with Gasteiger partial charge < -0.3 is 5.11 Å². The van der Waals surface area contributed by atoms with E-state index in [1.165, 1.54) is 19.3 Å². The van der Waals surface area contributed by atoms with Crippen LogP contribution in [0.5, 0.6) is 0 Å². The molecule has 1 nitrogen and oxygen atoms in total. The monoisotopic (exact) mass is 162 g/mol. The van der Waals surface area contributed by atoms with E-state index >= 15 is 0 Å². The van der Waals surface area contributed by atoms with Gasteiger partial charge in [0.15, 0.2) is 0 Å². The molecule has 12 heavy (non-hydrogen) atoms. The van der Waals surface area contributed by atoms with Gasteiger partial charge in [0, 0.05) is 0 Å². The van der Waals surface area contributed by atoms with Gasteiger partial charge in [-0.15, -0.1) is 6.42 Å². The lowest BCUT2D eigenvalue weighted by atomic mass is 9.85. The first-order valence-corrected chi connectivity index (χ1v) is 4.49. The van der Waals surface area contributed by atoms with Gasteiger partial charge >= 0.3 is 0 Å². The molecular formula is C11H14O. The number of hydrogen-bond donors (Lipinski definition) is 1. The van der Waals surface area contributed by atoms with Crippen LogP contribution in [0.25, 0.3) is 0 Å². The highest BCUT2D eigenvalue weighted by Crippen LogP contribution is 2.25. The fraction of sp³-hybridized carbons (Fsp3) is 0.636. The molecule has 1 heteroatoms. The molecule has 1 aliphatic carbocycles. The minimum absolute atomic E-state index is 0.361. The zero-order valence-electron chi connectivity index (χ0n) is 7.21. The molecule has 0 spiro atoms. The van der Waals surface area contributed by atoms with Gasteiger partial charge in [0.05, 0.1) is 0 Å². The van der Waals surface area contributed by atoms with Gasteiger partial charge in [-0.3, -0.25) is 0 Å². The van der Waals surface area contributed by atoms with E-state index in [0.717, 1.165) is 12.8 Å². The van der Waals surface area contributed by atoms with Crippen LogP contribution in [0.1, 0.15) is 32.1 Å². The maximum atomic E-state index is 9.54. The lowest BCUT2D eigenvalue weighted by molar-refractivity contribution is 0.133. The fourth-order valence-electron chi connectivity index (χ4n) is 1.68. The van der Waals surface area contributed by atoms with Crippen LogP contribution >= 0.6 is 0 Å². The highest BCUT2D eigenvalue weighted by molar-refractivity contribution is 5.24. The first-order valence-electron chi connectivity index (χ1n) is 4.49. The molecule has 0 aromatic carbocycles. The van der Waals surface area contributed by atoms with Crippen LogP contribution in [-0.4, -0.2) is 11.2 Å². The molecule has 1 saturated carbocycles. The SMILES string of the molecule is C#CC#C[C@H](O)C1CCCCC1. The summed E-state index contributed by atoms with van der Waals surface area (Å²) in [6, 6.07) is 0. The quantitative estimate of drug-likeness (QED) is 0.580. The summed E-state index contributed by atoms with van der Waals surface area (Å²) >= 11 is 0. The summed E-state index contributed by atoms with van der Waals surface area (Å²) in [5.41, 5.74) is 0. The minimum Gasteiger partial charge on any atom is -0.380 e. The van der Waals surface area contributed by atoms with Crippen molar-refractivity contribution in [3.8, 4) is 24.2 Å². The Labute approximate surface area is 74.2 Å². The summed E-state index contributed by atoms with van der Waals surface area (Å²) in [5, 5.41) is 9.54. The normalized spacial score (nSPS) is 20.3. The van der Waals surface area contributed by atoms with E-state index in [0.29, 0.717) is 5.92 Å². The van der Waals surface area contributed by atoms with Crippen LogP contribution in [0, 0.1) is 30.1 Å². The van der Waals surface area contributed by atoms with Gasteiger partial charge in [-0.25, -0.2) is 0 Å². The smallest absolute Gasteiger partial charge is 0.118 e. The molecule has 1 aliphatic rings. The van der Waals surface area contributed by atoms with Crippen LogP contribution in [-0.2, 0) is 0 Å². The van der Waals surface area contributed by atoms with Crippen LogP contribution in [0.2, 0.25) is 0 Å². The van der Waals surface area contributed by atoms with Crippen molar-refractivity contribution >= 4 is 0 Å². The van der Waals surface area contributed by atoms with Gasteiger partial charge in [-0.2, -0.15) is 0 Å². The topological polar surface area (TPSA) is 20.2 Å². The molecule has 0 amide bonds. The molecule has 0 unspecified atom stereocenters. The highest BCUT2D eigenvalue weighted by Gasteiger charge is 2.19. The fourth-order valence-corrected chi connectivity index (χ4v) is 1.68. The van der Waals surface area contributed by atoms with Crippen LogP contribution in [0.4, 0.5) is 0 Å². The van der Waals surface area contributed by atoms with Crippen molar-refractivity contribution in [3.63, 3.8) is 0 Å². The first kappa shape index (κ1) is 9.17. The second-order valence-electron chi connectivity index (χ2n) is 3.26. The van der Waals surface area contributed by atoms with E-state index in [1.807, 2.05) is 0 Å². The average molecular weight is 162 g/mol. The summed E-state index contributed by atoms with van der Waals surface area (Å²) in [5.74, 6) is 7.72.